The number of hydrogen-bond donors (Lipinski definition) is 1. The highest BCUT2D eigenvalue weighted by Crippen LogP contribution is 2.23. The molecule has 0 aliphatic rings. The highest BCUT2D eigenvalue weighted by Gasteiger charge is 2.07. The van der Waals surface area contributed by atoms with E-state index < -0.39 is 5.97 Å². The Morgan fingerprint density at radius 1 is 1.17 bits per heavy atom. The molecule has 0 saturated heterocycles. The number of hydrogen-bond acceptors (Lipinski definition) is 5. The van der Waals surface area contributed by atoms with Gasteiger partial charge in [-0.15, -0.1) is 0 Å². The lowest BCUT2D eigenvalue weighted by Gasteiger charge is -2.10. The maximum atomic E-state index is 11.6. The minimum atomic E-state index is -0.592. The summed E-state index contributed by atoms with van der Waals surface area (Å²) in [5.41, 5.74) is 0.724. The molecule has 6 nitrogen and oxygen atoms in total. The fourth-order valence-electron chi connectivity index (χ4n) is 1.69. The first-order chi connectivity index (χ1) is 11.0. The highest BCUT2D eigenvalue weighted by atomic mass is 16.5. The summed E-state index contributed by atoms with van der Waals surface area (Å²) in [4.78, 5) is 23.1. The first kappa shape index (κ1) is 18.5. The van der Waals surface area contributed by atoms with Crippen LogP contribution in [0, 0.1) is 0 Å². The lowest BCUT2D eigenvalue weighted by molar-refractivity contribution is -0.144. The minimum absolute atomic E-state index is 0.0565. The molecule has 0 unspecified atom stereocenters. The average Bonchev–Trinajstić information content (AvgIpc) is 2.57. The van der Waals surface area contributed by atoms with Gasteiger partial charge in [0.15, 0.2) is 6.61 Å². The van der Waals surface area contributed by atoms with Crippen LogP contribution in [0.3, 0.4) is 0 Å². The smallest absolute Gasteiger partial charge is 0.331 e. The maximum absolute atomic E-state index is 11.6. The highest BCUT2D eigenvalue weighted by molar-refractivity contribution is 5.89. The standard InChI is InChI=1S/C17H23NO5/c1-5-12(2)18-16(19)11-23-17(20)7-6-13-8-14(21-3)10-15(9-13)22-4/h6-10,12H,5,11H2,1-4H3,(H,18,19)/b7-6+/t12-/m0/s1. The normalized spacial score (nSPS) is 11.8. The van der Waals surface area contributed by atoms with Crippen LogP contribution in [-0.2, 0) is 14.3 Å². The molecule has 0 aliphatic carbocycles. The summed E-state index contributed by atoms with van der Waals surface area (Å²) in [5.74, 6) is 0.325. The van der Waals surface area contributed by atoms with E-state index in [4.69, 9.17) is 14.2 Å². The predicted octanol–water partition coefficient (Wildman–Crippen LogP) is 2.17. The van der Waals surface area contributed by atoms with Crippen molar-refractivity contribution in [2.45, 2.75) is 26.3 Å². The third-order valence-corrected chi connectivity index (χ3v) is 3.15. The van der Waals surface area contributed by atoms with E-state index in [-0.39, 0.29) is 18.6 Å². The molecular weight excluding hydrogens is 298 g/mol. The van der Waals surface area contributed by atoms with Gasteiger partial charge in [-0.3, -0.25) is 4.79 Å². The molecule has 1 aromatic carbocycles. The molecule has 1 N–H and O–H groups in total. The molecule has 23 heavy (non-hydrogen) atoms. The maximum Gasteiger partial charge on any atom is 0.331 e. The lowest BCUT2D eigenvalue weighted by atomic mass is 10.2. The van der Waals surface area contributed by atoms with Gasteiger partial charge in [0.1, 0.15) is 11.5 Å². The molecule has 1 atom stereocenters. The number of esters is 1. The number of benzene rings is 1. The minimum Gasteiger partial charge on any atom is -0.497 e. The van der Waals surface area contributed by atoms with Crippen LogP contribution in [0.2, 0.25) is 0 Å². The second-order valence-corrected chi connectivity index (χ2v) is 4.96. The van der Waals surface area contributed by atoms with Gasteiger partial charge in [0.25, 0.3) is 5.91 Å². The average molecular weight is 321 g/mol. The van der Waals surface area contributed by atoms with E-state index >= 15 is 0 Å². The molecule has 6 heteroatoms. The van der Waals surface area contributed by atoms with Crippen LogP contribution < -0.4 is 14.8 Å². The molecule has 1 aromatic rings. The third kappa shape index (κ3) is 6.86. The van der Waals surface area contributed by atoms with E-state index in [2.05, 4.69) is 5.32 Å². The Morgan fingerprint density at radius 2 is 1.78 bits per heavy atom. The summed E-state index contributed by atoms with van der Waals surface area (Å²) in [6.45, 7) is 3.55. The van der Waals surface area contributed by atoms with E-state index in [1.54, 1.807) is 38.5 Å². The SMILES string of the molecule is CC[C@H](C)NC(=O)COC(=O)/C=C/c1cc(OC)cc(OC)c1. The van der Waals surface area contributed by atoms with Gasteiger partial charge in [0, 0.05) is 18.2 Å². The molecule has 126 valence electrons. The quantitative estimate of drug-likeness (QED) is 0.587. The molecule has 0 aliphatic heterocycles. The van der Waals surface area contributed by atoms with Crippen LogP contribution in [0.25, 0.3) is 6.08 Å². The van der Waals surface area contributed by atoms with Crippen LogP contribution >= 0.6 is 0 Å². The Bertz CT molecular complexity index is 546. The van der Waals surface area contributed by atoms with Crippen molar-refractivity contribution in [1.29, 1.82) is 0 Å². The Kier molecular flexibility index (Phi) is 7.66. The monoisotopic (exact) mass is 321 g/mol. The molecule has 0 spiro atoms. The van der Waals surface area contributed by atoms with Crippen LogP contribution in [0.1, 0.15) is 25.8 Å². The summed E-state index contributed by atoms with van der Waals surface area (Å²) in [6, 6.07) is 5.29. The Balaban J connectivity index is 2.56. The van der Waals surface area contributed by atoms with Gasteiger partial charge in [0.05, 0.1) is 14.2 Å². The molecule has 0 aromatic heterocycles. The third-order valence-electron chi connectivity index (χ3n) is 3.15. The Hall–Kier alpha value is -2.50. The van der Waals surface area contributed by atoms with Crippen LogP contribution in [0.15, 0.2) is 24.3 Å². The number of ether oxygens (including phenoxy) is 3. The molecular formula is C17H23NO5. The number of nitrogens with one attached hydrogen (secondary N) is 1. The van der Waals surface area contributed by atoms with Crippen molar-refractivity contribution in [2.75, 3.05) is 20.8 Å². The largest absolute Gasteiger partial charge is 0.497 e. The van der Waals surface area contributed by atoms with Crippen molar-refractivity contribution in [1.82, 2.24) is 5.32 Å². The van der Waals surface area contributed by atoms with Gasteiger partial charge in [-0.25, -0.2) is 4.79 Å². The van der Waals surface area contributed by atoms with E-state index in [1.807, 2.05) is 13.8 Å². The first-order valence-electron chi connectivity index (χ1n) is 7.35. The second kappa shape index (κ2) is 9.50. The van der Waals surface area contributed by atoms with E-state index in [1.165, 1.54) is 6.08 Å². The molecule has 0 heterocycles. The predicted molar refractivity (Wildman–Crippen MR) is 87.4 cm³/mol. The van der Waals surface area contributed by atoms with Gasteiger partial charge < -0.3 is 19.5 Å². The number of methoxy groups -OCH3 is 2. The molecule has 0 saturated carbocycles. The number of amides is 1. The van der Waals surface area contributed by atoms with Gasteiger partial charge >= 0.3 is 5.97 Å². The van der Waals surface area contributed by atoms with Crippen molar-refractivity contribution >= 4 is 18.0 Å². The van der Waals surface area contributed by atoms with Crippen LogP contribution in [-0.4, -0.2) is 38.7 Å². The fourth-order valence-corrected chi connectivity index (χ4v) is 1.69. The summed E-state index contributed by atoms with van der Waals surface area (Å²) in [7, 11) is 3.10. The number of carbonyl (C=O) groups is 2. The zero-order valence-electron chi connectivity index (χ0n) is 13.9. The van der Waals surface area contributed by atoms with Crippen molar-refractivity contribution in [3.8, 4) is 11.5 Å². The topological polar surface area (TPSA) is 73.9 Å². The summed E-state index contributed by atoms with van der Waals surface area (Å²) < 4.78 is 15.2. The summed E-state index contributed by atoms with van der Waals surface area (Å²) >= 11 is 0. The van der Waals surface area contributed by atoms with Crippen molar-refractivity contribution in [3.63, 3.8) is 0 Å². The number of rotatable bonds is 8. The zero-order chi connectivity index (χ0) is 17.2. The molecule has 0 bridgehead atoms. The molecule has 0 radical (unpaired) electrons. The lowest BCUT2D eigenvalue weighted by Crippen LogP contribution is -2.35. The van der Waals surface area contributed by atoms with E-state index in [0.29, 0.717) is 11.5 Å². The summed E-state index contributed by atoms with van der Waals surface area (Å²) in [5, 5.41) is 2.72. The number of carbonyl (C=O) groups excluding carboxylic acids is 2. The zero-order valence-corrected chi connectivity index (χ0v) is 13.9. The van der Waals surface area contributed by atoms with Crippen molar-refractivity contribution in [3.05, 3.63) is 29.8 Å². The molecule has 1 rings (SSSR count). The van der Waals surface area contributed by atoms with Gasteiger partial charge in [-0.05, 0) is 37.1 Å². The molecule has 1 amide bonds. The Morgan fingerprint density at radius 3 is 2.30 bits per heavy atom. The van der Waals surface area contributed by atoms with Crippen molar-refractivity contribution in [2.24, 2.45) is 0 Å². The van der Waals surface area contributed by atoms with Gasteiger partial charge in [-0.1, -0.05) is 6.92 Å². The summed E-state index contributed by atoms with van der Waals surface area (Å²) in [6.07, 6.45) is 3.64. The van der Waals surface area contributed by atoms with E-state index in [0.717, 1.165) is 12.0 Å². The second-order valence-electron chi connectivity index (χ2n) is 4.96. The fraction of sp³-hybridized carbons (Fsp3) is 0.412. The van der Waals surface area contributed by atoms with Crippen LogP contribution in [0.4, 0.5) is 0 Å². The molecule has 0 fully saturated rings. The van der Waals surface area contributed by atoms with Gasteiger partial charge in [-0.2, -0.15) is 0 Å². The van der Waals surface area contributed by atoms with Crippen LogP contribution in [0.5, 0.6) is 11.5 Å². The Labute approximate surface area is 136 Å². The van der Waals surface area contributed by atoms with Crippen molar-refractivity contribution < 1.29 is 23.8 Å². The van der Waals surface area contributed by atoms with E-state index in [9.17, 15) is 9.59 Å². The first-order valence-corrected chi connectivity index (χ1v) is 7.35. The van der Waals surface area contributed by atoms with Gasteiger partial charge in [0.2, 0.25) is 0 Å².